The summed E-state index contributed by atoms with van der Waals surface area (Å²) >= 11 is 0. The van der Waals surface area contributed by atoms with Crippen LogP contribution in [0.4, 0.5) is 0 Å². The number of carboxylic acids is 1. The normalized spacial score (nSPS) is 7.25. The average molecular weight is 176 g/mol. The van der Waals surface area contributed by atoms with Gasteiger partial charge >= 0.3 is 5.97 Å². The van der Waals surface area contributed by atoms with E-state index in [1.165, 1.54) is 0 Å². The van der Waals surface area contributed by atoms with E-state index in [1.807, 2.05) is 27.7 Å². The molecule has 0 saturated carbocycles. The van der Waals surface area contributed by atoms with Crippen LogP contribution in [0.5, 0.6) is 0 Å². The molecule has 0 aromatic carbocycles. The fraction of sp³-hybridized carbons (Fsp3) is 0.778. The third kappa shape index (κ3) is 11.9. The van der Waals surface area contributed by atoms with Crippen LogP contribution in [0, 0.1) is 5.92 Å². The van der Waals surface area contributed by atoms with Gasteiger partial charge in [-0.1, -0.05) is 41.5 Å². The number of aliphatic carboxylic acids is 1. The molecule has 0 saturated heterocycles. The van der Waals surface area contributed by atoms with E-state index in [2.05, 4.69) is 0 Å². The molecule has 0 unspecified atom stereocenters. The van der Waals surface area contributed by atoms with Crippen molar-refractivity contribution in [3.05, 3.63) is 0 Å². The first-order valence-electron chi connectivity index (χ1n) is 4.33. The number of rotatable bonds is 2. The maximum Gasteiger partial charge on any atom is 0.372 e. The van der Waals surface area contributed by atoms with Gasteiger partial charge in [0.1, 0.15) is 0 Å². The molecule has 0 radical (unpaired) electrons. The summed E-state index contributed by atoms with van der Waals surface area (Å²) in [4.78, 5) is 20.0. The van der Waals surface area contributed by atoms with Gasteiger partial charge in [0.25, 0.3) is 0 Å². The number of ketones is 1. The Hall–Kier alpha value is -0.860. The minimum absolute atomic E-state index is 0.396. The molecule has 0 rings (SSSR count). The van der Waals surface area contributed by atoms with Crippen molar-refractivity contribution in [3.8, 4) is 0 Å². The second-order valence-electron chi connectivity index (χ2n) is 1.82. The molecule has 0 spiro atoms. The minimum atomic E-state index is -1.35. The lowest BCUT2D eigenvalue weighted by Crippen LogP contribution is -2.18. The molecule has 3 heteroatoms. The molecule has 0 heterocycles. The lowest BCUT2D eigenvalue weighted by atomic mass is 10.1. The van der Waals surface area contributed by atoms with Crippen LogP contribution in [0.3, 0.4) is 0 Å². The van der Waals surface area contributed by atoms with E-state index in [0.717, 1.165) is 0 Å². The van der Waals surface area contributed by atoms with E-state index in [4.69, 9.17) is 5.11 Å². The van der Waals surface area contributed by atoms with Crippen molar-refractivity contribution in [3.63, 3.8) is 0 Å². The molecule has 12 heavy (non-hydrogen) atoms. The van der Waals surface area contributed by atoms with Crippen LogP contribution >= 0.6 is 0 Å². The first kappa shape index (κ1) is 17.3. The maximum absolute atomic E-state index is 10.2. The van der Waals surface area contributed by atoms with Crippen LogP contribution in [-0.4, -0.2) is 16.9 Å². The smallest absolute Gasteiger partial charge is 0.372 e. The fourth-order valence-corrected chi connectivity index (χ4v) is 0.247. The van der Waals surface area contributed by atoms with Gasteiger partial charge < -0.3 is 5.11 Å². The van der Waals surface area contributed by atoms with E-state index in [0.29, 0.717) is 0 Å². The quantitative estimate of drug-likeness (QED) is 0.657. The molecule has 74 valence electrons. The zero-order valence-electron chi connectivity index (χ0n) is 8.84. The van der Waals surface area contributed by atoms with Crippen LogP contribution in [0.1, 0.15) is 41.5 Å². The van der Waals surface area contributed by atoms with Gasteiger partial charge in [-0.05, 0) is 0 Å². The lowest BCUT2D eigenvalue weighted by molar-refractivity contribution is -0.150. The monoisotopic (exact) mass is 176 g/mol. The zero-order valence-corrected chi connectivity index (χ0v) is 8.84. The summed E-state index contributed by atoms with van der Waals surface area (Å²) in [7, 11) is 0. The van der Waals surface area contributed by atoms with Crippen molar-refractivity contribution in [2.75, 3.05) is 0 Å². The predicted molar refractivity (Wildman–Crippen MR) is 50.2 cm³/mol. The van der Waals surface area contributed by atoms with Crippen molar-refractivity contribution < 1.29 is 14.7 Å². The molecule has 0 amide bonds. The Labute approximate surface area is 74.8 Å². The molecule has 3 nitrogen and oxygen atoms in total. The molecular formula is C9H20O3. The Kier molecular flexibility index (Phi) is 18.4. The molecule has 0 atom stereocenters. The van der Waals surface area contributed by atoms with Gasteiger partial charge in [0.15, 0.2) is 0 Å². The Balaban J connectivity index is -0.000000175. The number of hydrogen-bond acceptors (Lipinski definition) is 2. The molecular weight excluding hydrogens is 156 g/mol. The number of carboxylic acid groups (broad SMARTS) is 1. The molecule has 0 aromatic rings. The van der Waals surface area contributed by atoms with Gasteiger partial charge in [-0.2, -0.15) is 0 Å². The van der Waals surface area contributed by atoms with Crippen LogP contribution < -0.4 is 0 Å². The number of carbonyl (C=O) groups excluding carboxylic acids is 1. The topological polar surface area (TPSA) is 54.4 Å². The second-order valence-corrected chi connectivity index (χ2v) is 1.82. The number of Topliss-reactive ketones (excluding diaryl/α,β-unsaturated/α-hetero) is 1. The summed E-state index contributed by atoms with van der Waals surface area (Å²) in [5.41, 5.74) is 0. The molecule has 0 aromatic heterocycles. The molecule has 0 bridgehead atoms. The van der Waals surface area contributed by atoms with Crippen molar-refractivity contribution in [2.45, 2.75) is 41.5 Å². The Morgan fingerprint density at radius 1 is 1.00 bits per heavy atom. The highest BCUT2D eigenvalue weighted by atomic mass is 16.4. The number of carbonyl (C=O) groups is 2. The zero-order chi connectivity index (χ0) is 10.7. The Morgan fingerprint density at radius 3 is 1.25 bits per heavy atom. The van der Waals surface area contributed by atoms with E-state index in [9.17, 15) is 9.59 Å². The third-order valence-corrected chi connectivity index (χ3v) is 0.735. The van der Waals surface area contributed by atoms with E-state index < -0.39 is 17.7 Å². The standard InChI is InChI=1S/C5H8O3.2C2H6/c1-3(2)4(6)5(7)8;2*1-2/h3H,1-2H3,(H,7,8);2*1-2H3. The van der Waals surface area contributed by atoms with Crippen LogP contribution in [0.25, 0.3) is 0 Å². The highest BCUT2D eigenvalue weighted by Crippen LogP contribution is 1.92. The summed E-state index contributed by atoms with van der Waals surface area (Å²) in [5, 5.41) is 8.00. The van der Waals surface area contributed by atoms with Crippen molar-refractivity contribution in [1.82, 2.24) is 0 Å². The summed E-state index contributed by atoms with van der Waals surface area (Å²) in [5.74, 6) is -2.47. The first-order chi connectivity index (χ1) is 5.55. The highest BCUT2D eigenvalue weighted by Gasteiger charge is 2.14. The molecule has 1 N–H and O–H groups in total. The van der Waals surface area contributed by atoms with Gasteiger partial charge in [-0.15, -0.1) is 0 Å². The largest absolute Gasteiger partial charge is 0.475 e. The van der Waals surface area contributed by atoms with Crippen LogP contribution in [0.15, 0.2) is 0 Å². The van der Waals surface area contributed by atoms with E-state index in [1.54, 1.807) is 13.8 Å². The van der Waals surface area contributed by atoms with Crippen LogP contribution in [0.2, 0.25) is 0 Å². The van der Waals surface area contributed by atoms with E-state index in [-0.39, 0.29) is 0 Å². The Morgan fingerprint density at radius 2 is 1.25 bits per heavy atom. The fourth-order valence-electron chi connectivity index (χ4n) is 0.247. The third-order valence-electron chi connectivity index (χ3n) is 0.735. The van der Waals surface area contributed by atoms with Gasteiger partial charge in [-0.3, -0.25) is 4.79 Å². The Bertz CT molecular complexity index is 117. The molecule has 0 aliphatic heterocycles. The van der Waals surface area contributed by atoms with Gasteiger partial charge in [0.05, 0.1) is 0 Å². The summed E-state index contributed by atoms with van der Waals surface area (Å²) in [6, 6.07) is 0. The number of hydrogen-bond donors (Lipinski definition) is 1. The van der Waals surface area contributed by atoms with Crippen molar-refractivity contribution >= 4 is 11.8 Å². The highest BCUT2D eigenvalue weighted by molar-refractivity contribution is 6.33. The predicted octanol–water partition coefficient (Wildman–Crippen LogP) is 2.35. The van der Waals surface area contributed by atoms with E-state index >= 15 is 0 Å². The van der Waals surface area contributed by atoms with Gasteiger partial charge in [0.2, 0.25) is 5.78 Å². The molecule has 0 aliphatic carbocycles. The summed E-state index contributed by atoms with van der Waals surface area (Å²) in [6.07, 6.45) is 0. The summed E-state index contributed by atoms with van der Waals surface area (Å²) in [6.45, 7) is 11.1. The average Bonchev–Trinajstić information content (AvgIpc) is 2.10. The van der Waals surface area contributed by atoms with Crippen molar-refractivity contribution in [1.29, 1.82) is 0 Å². The van der Waals surface area contributed by atoms with Gasteiger partial charge in [0, 0.05) is 5.92 Å². The van der Waals surface area contributed by atoms with Crippen LogP contribution in [-0.2, 0) is 9.59 Å². The summed E-state index contributed by atoms with van der Waals surface area (Å²) < 4.78 is 0. The maximum atomic E-state index is 10.2. The molecule has 0 aliphatic rings. The lowest BCUT2D eigenvalue weighted by Gasteiger charge is -1.93. The first-order valence-corrected chi connectivity index (χ1v) is 4.33. The molecule has 0 fully saturated rings. The van der Waals surface area contributed by atoms with Crippen molar-refractivity contribution in [2.24, 2.45) is 5.92 Å². The SMILES string of the molecule is CC.CC.CC(C)C(=O)C(=O)O. The minimum Gasteiger partial charge on any atom is -0.475 e. The second kappa shape index (κ2) is 12.8. The van der Waals surface area contributed by atoms with Gasteiger partial charge in [-0.25, -0.2) is 4.79 Å².